The Morgan fingerprint density at radius 3 is 2.59 bits per heavy atom. The lowest BCUT2D eigenvalue weighted by atomic mass is 10.1. The Morgan fingerprint density at radius 2 is 1.91 bits per heavy atom. The van der Waals surface area contributed by atoms with Crippen LogP contribution in [0.5, 0.6) is 5.75 Å². The fourth-order valence-electron chi connectivity index (χ4n) is 3.50. The minimum atomic E-state index is -0.345. The molecule has 3 amide bonds. The highest BCUT2D eigenvalue weighted by molar-refractivity contribution is 7.18. The second-order valence-corrected chi connectivity index (χ2v) is 9.09. The summed E-state index contributed by atoms with van der Waals surface area (Å²) in [7, 11) is 1.51. The maximum absolute atomic E-state index is 13.0. The molecule has 0 aliphatic carbocycles. The van der Waals surface area contributed by atoms with Crippen molar-refractivity contribution >= 4 is 52.0 Å². The van der Waals surface area contributed by atoms with Gasteiger partial charge < -0.3 is 25.0 Å². The zero-order valence-electron chi connectivity index (χ0n) is 18.3. The number of amides is 3. The maximum Gasteiger partial charge on any atom is 0.261 e. The lowest BCUT2D eigenvalue weighted by Gasteiger charge is -2.26. The Kier molecular flexibility index (Phi) is 7.46. The summed E-state index contributed by atoms with van der Waals surface area (Å²) >= 11 is 7.10. The van der Waals surface area contributed by atoms with Crippen LogP contribution in [0.3, 0.4) is 0 Å². The first-order valence-corrected chi connectivity index (χ1v) is 11.6. The molecule has 4 rings (SSSR count). The molecule has 1 fully saturated rings. The summed E-state index contributed by atoms with van der Waals surface area (Å²) < 4.78 is 11.1. The second-order valence-electron chi connectivity index (χ2n) is 7.38. The number of hydrogen-bond donors (Lipinski definition) is 2. The number of morpholine rings is 1. The van der Waals surface area contributed by atoms with Crippen LogP contribution in [0.4, 0.5) is 11.4 Å². The zero-order valence-corrected chi connectivity index (χ0v) is 19.9. The molecular weight excluding hydrogens is 478 g/mol. The Morgan fingerprint density at radius 1 is 1.12 bits per heavy atom. The van der Waals surface area contributed by atoms with Crippen LogP contribution < -0.4 is 20.3 Å². The first kappa shape index (κ1) is 23.7. The molecule has 34 heavy (non-hydrogen) atoms. The largest absolute Gasteiger partial charge is 0.495 e. The number of benzene rings is 2. The number of carbonyl (C=O) groups is 3. The van der Waals surface area contributed by atoms with Gasteiger partial charge in [0.25, 0.3) is 17.7 Å². The van der Waals surface area contributed by atoms with Gasteiger partial charge in [-0.25, -0.2) is 0 Å². The third-order valence-electron chi connectivity index (χ3n) is 5.23. The van der Waals surface area contributed by atoms with E-state index in [0.29, 0.717) is 50.6 Å². The van der Waals surface area contributed by atoms with Crippen molar-refractivity contribution in [1.82, 2.24) is 5.32 Å². The summed E-state index contributed by atoms with van der Waals surface area (Å²) in [5.41, 5.74) is 2.27. The number of rotatable bonds is 7. The van der Waals surface area contributed by atoms with Crippen molar-refractivity contribution in [2.45, 2.75) is 6.54 Å². The standard InChI is InChI=1S/C24H22ClN3O5S/c1-32-18-4-2-3-16(13-26-24(31)19-9-10-20(25)34-19)22(18)27-23(30)15-5-7-17(8-6-15)28-11-12-33-14-21(28)29/h2-10H,11-14H2,1H3,(H,26,31)(H,27,30). The Hall–Kier alpha value is -3.40. The highest BCUT2D eigenvalue weighted by atomic mass is 35.5. The van der Waals surface area contributed by atoms with Crippen molar-refractivity contribution in [3.63, 3.8) is 0 Å². The fraction of sp³-hybridized carbons (Fsp3) is 0.208. The van der Waals surface area contributed by atoms with Crippen LogP contribution in [-0.4, -0.2) is 44.6 Å². The van der Waals surface area contributed by atoms with Crippen LogP contribution >= 0.6 is 22.9 Å². The number of para-hydroxylation sites is 1. The number of methoxy groups -OCH3 is 1. The molecule has 2 heterocycles. The summed E-state index contributed by atoms with van der Waals surface area (Å²) in [5, 5.41) is 5.73. The average Bonchev–Trinajstić information content (AvgIpc) is 3.30. The minimum absolute atomic E-state index is 0.0505. The normalized spacial score (nSPS) is 13.5. The van der Waals surface area contributed by atoms with E-state index in [4.69, 9.17) is 21.1 Å². The monoisotopic (exact) mass is 499 g/mol. The van der Waals surface area contributed by atoms with Gasteiger partial charge in [0.1, 0.15) is 12.4 Å². The van der Waals surface area contributed by atoms with E-state index in [-0.39, 0.29) is 30.9 Å². The van der Waals surface area contributed by atoms with Gasteiger partial charge >= 0.3 is 0 Å². The summed E-state index contributed by atoms with van der Waals surface area (Å²) in [6.07, 6.45) is 0. The molecule has 8 nitrogen and oxygen atoms in total. The van der Waals surface area contributed by atoms with E-state index in [1.165, 1.54) is 18.4 Å². The van der Waals surface area contributed by atoms with Crippen molar-refractivity contribution in [2.75, 3.05) is 37.1 Å². The van der Waals surface area contributed by atoms with E-state index < -0.39 is 0 Å². The number of halogens is 1. The molecule has 0 bridgehead atoms. The van der Waals surface area contributed by atoms with Crippen LogP contribution in [0.25, 0.3) is 0 Å². The quantitative estimate of drug-likeness (QED) is 0.513. The molecule has 0 unspecified atom stereocenters. The minimum Gasteiger partial charge on any atom is -0.495 e. The van der Waals surface area contributed by atoms with Crippen LogP contribution in [0.15, 0.2) is 54.6 Å². The Balaban J connectivity index is 1.48. The van der Waals surface area contributed by atoms with Gasteiger partial charge in [-0.2, -0.15) is 0 Å². The van der Waals surface area contributed by atoms with Crippen molar-refractivity contribution in [1.29, 1.82) is 0 Å². The van der Waals surface area contributed by atoms with Gasteiger partial charge in [0.05, 0.1) is 28.6 Å². The average molecular weight is 500 g/mol. The topological polar surface area (TPSA) is 97.0 Å². The predicted molar refractivity (Wildman–Crippen MR) is 131 cm³/mol. The van der Waals surface area contributed by atoms with Gasteiger partial charge in [0, 0.05) is 24.3 Å². The zero-order chi connectivity index (χ0) is 24.1. The van der Waals surface area contributed by atoms with E-state index in [1.54, 1.807) is 59.5 Å². The molecule has 2 N–H and O–H groups in total. The third-order valence-corrected chi connectivity index (χ3v) is 6.46. The fourth-order valence-corrected chi connectivity index (χ4v) is 4.46. The van der Waals surface area contributed by atoms with Gasteiger partial charge in [0.2, 0.25) is 0 Å². The lowest BCUT2D eigenvalue weighted by molar-refractivity contribution is -0.125. The molecule has 0 radical (unpaired) electrons. The Bertz CT molecular complexity index is 1210. The highest BCUT2D eigenvalue weighted by Gasteiger charge is 2.21. The summed E-state index contributed by atoms with van der Waals surface area (Å²) in [4.78, 5) is 39.6. The van der Waals surface area contributed by atoms with Crippen molar-refractivity contribution in [2.24, 2.45) is 0 Å². The number of anilines is 2. The number of hydrogen-bond acceptors (Lipinski definition) is 6. The molecule has 176 valence electrons. The number of thiophene rings is 1. The van der Waals surface area contributed by atoms with Gasteiger partial charge in [-0.1, -0.05) is 23.7 Å². The highest BCUT2D eigenvalue weighted by Crippen LogP contribution is 2.29. The van der Waals surface area contributed by atoms with Gasteiger partial charge in [-0.15, -0.1) is 11.3 Å². The molecule has 1 aliphatic rings. The Labute approximate surface area is 205 Å². The molecule has 3 aromatic rings. The molecule has 1 saturated heterocycles. The molecule has 0 spiro atoms. The van der Waals surface area contributed by atoms with Crippen LogP contribution in [0.2, 0.25) is 4.34 Å². The first-order chi connectivity index (χ1) is 16.5. The van der Waals surface area contributed by atoms with E-state index >= 15 is 0 Å². The molecule has 0 atom stereocenters. The maximum atomic E-state index is 13.0. The van der Waals surface area contributed by atoms with Gasteiger partial charge in [-0.3, -0.25) is 14.4 Å². The SMILES string of the molecule is COc1cccc(CNC(=O)c2ccc(Cl)s2)c1NC(=O)c1ccc(N2CCOCC2=O)cc1. The second kappa shape index (κ2) is 10.7. The van der Waals surface area contributed by atoms with Crippen LogP contribution in [-0.2, 0) is 16.1 Å². The molecular formula is C24H22ClN3O5S. The molecule has 10 heteroatoms. The van der Waals surface area contributed by atoms with Crippen LogP contribution in [0, 0.1) is 0 Å². The van der Waals surface area contributed by atoms with E-state index in [0.717, 1.165) is 0 Å². The van der Waals surface area contributed by atoms with Crippen molar-refractivity contribution < 1.29 is 23.9 Å². The predicted octanol–water partition coefficient (Wildman–Crippen LogP) is 3.96. The number of ether oxygens (including phenoxy) is 2. The number of nitrogens with one attached hydrogen (secondary N) is 2. The first-order valence-electron chi connectivity index (χ1n) is 10.4. The van der Waals surface area contributed by atoms with E-state index in [2.05, 4.69) is 10.6 Å². The summed E-state index contributed by atoms with van der Waals surface area (Å²) in [6.45, 7) is 1.17. The molecule has 2 aromatic carbocycles. The van der Waals surface area contributed by atoms with Gasteiger partial charge in [0.15, 0.2) is 0 Å². The van der Waals surface area contributed by atoms with E-state index in [9.17, 15) is 14.4 Å². The number of nitrogens with zero attached hydrogens (tertiary/aromatic N) is 1. The molecule has 1 aliphatic heterocycles. The summed E-state index contributed by atoms with van der Waals surface area (Å²) in [5.74, 6) is -0.254. The van der Waals surface area contributed by atoms with E-state index in [1.807, 2.05) is 0 Å². The molecule has 0 saturated carbocycles. The lowest BCUT2D eigenvalue weighted by Crippen LogP contribution is -2.41. The van der Waals surface area contributed by atoms with Gasteiger partial charge in [-0.05, 0) is 48.0 Å². The van der Waals surface area contributed by atoms with Crippen molar-refractivity contribution in [3.8, 4) is 5.75 Å². The van der Waals surface area contributed by atoms with Crippen molar-refractivity contribution in [3.05, 3.63) is 74.9 Å². The van der Waals surface area contributed by atoms with Crippen LogP contribution in [0.1, 0.15) is 25.6 Å². The summed E-state index contributed by atoms with van der Waals surface area (Å²) in [6, 6.07) is 15.4. The number of carbonyl (C=O) groups excluding carboxylic acids is 3. The third kappa shape index (κ3) is 5.39. The smallest absolute Gasteiger partial charge is 0.261 e. The molecule has 1 aromatic heterocycles.